The number of benzene rings is 1. The molecule has 38 heavy (non-hydrogen) atoms. The van der Waals surface area contributed by atoms with Gasteiger partial charge in [0.15, 0.2) is 14.4 Å². The van der Waals surface area contributed by atoms with Crippen LogP contribution in [0.1, 0.15) is 70.2 Å². The lowest BCUT2D eigenvalue weighted by atomic mass is 9.60. The molecule has 0 amide bonds. The lowest BCUT2D eigenvalue weighted by Gasteiger charge is -2.54. The van der Waals surface area contributed by atoms with Gasteiger partial charge in [-0.15, -0.1) is 0 Å². The van der Waals surface area contributed by atoms with Crippen molar-refractivity contribution in [2.24, 2.45) is 11.3 Å². The highest BCUT2D eigenvalue weighted by molar-refractivity contribution is 6.74. The second kappa shape index (κ2) is 8.36. The summed E-state index contributed by atoms with van der Waals surface area (Å²) in [4.78, 5) is 26.0. The third-order valence-electron chi connectivity index (χ3n) is 10.6. The molecule has 6 heteroatoms. The fourth-order valence-corrected chi connectivity index (χ4v) is 8.88. The van der Waals surface area contributed by atoms with Gasteiger partial charge in [0.05, 0.1) is 17.3 Å². The molecule has 2 aliphatic heterocycles. The lowest BCUT2D eigenvalue weighted by Crippen LogP contribution is -2.57. The maximum Gasteiger partial charge on any atom is 0.339 e. The maximum absolute atomic E-state index is 13.0. The Morgan fingerprint density at radius 3 is 2.55 bits per heavy atom. The molecule has 0 N–H and O–H groups in total. The van der Waals surface area contributed by atoms with Crippen LogP contribution in [0.15, 0.2) is 65.8 Å². The summed E-state index contributed by atoms with van der Waals surface area (Å²) >= 11 is 0. The third-order valence-corrected chi connectivity index (χ3v) is 15.1. The fraction of sp³-hybridized carbons (Fsp3) is 0.562. The molecule has 0 unspecified atom stereocenters. The van der Waals surface area contributed by atoms with Crippen LogP contribution in [-0.2, 0) is 18.7 Å². The van der Waals surface area contributed by atoms with Gasteiger partial charge in [-0.1, -0.05) is 52.0 Å². The second-order valence-electron chi connectivity index (χ2n) is 13.7. The minimum atomic E-state index is -1.92. The van der Waals surface area contributed by atoms with Crippen LogP contribution in [0, 0.1) is 11.3 Å². The molecule has 0 aromatic heterocycles. The van der Waals surface area contributed by atoms with Crippen molar-refractivity contribution in [3.8, 4) is 0 Å². The molecule has 6 rings (SSSR count). The Balaban J connectivity index is 1.34. The molecule has 5 nitrogen and oxygen atoms in total. The number of ketones is 1. The standard InChI is InChI=1S/C32H40O5Si/c1-29(2,3)38(5,6)36-26-13-12-25-30(26,4)16-14-22-20-23-27(35-28(34)21-10-8-7-9-11-21)24(33)15-17-31(23)18-19-32(22,25)37-31/h7-11,14-15,17,20,25-27H,12-13,16,18-19H2,1-6H3/t25-,26+,27-,30-,31+,32-/m1/s1. The molecule has 2 fully saturated rings. The molecule has 1 saturated heterocycles. The largest absolute Gasteiger partial charge is 0.446 e. The van der Waals surface area contributed by atoms with Crippen LogP contribution < -0.4 is 0 Å². The number of rotatable bonds is 4. The highest BCUT2D eigenvalue weighted by Crippen LogP contribution is 2.66. The van der Waals surface area contributed by atoms with E-state index in [0.717, 1.165) is 43.3 Å². The van der Waals surface area contributed by atoms with Gasteiger partial charge >= 0.3 is 5.97 Å². The SMILES string of the molecule is CC(C)(C)[Si](C)(C)O[C@H]1CC[C@@H]2[C@@]1(C)CC=C1C=C3[C@@H](OC(=O)c4ccccc4)C(=O)C=C[C@]34CC[C@@]12O4. The van der Waals surface area contributed by atoms with Gasteiger partial charge in [0.1, 0.15) is 5.60 Å². The molecule has 2 heterocycles. The third kappa shape index (κ3) is 3.63. The van der Waals surface area contributed by atoms with Crippen molar-refractivity contribution in [2.75, 3.05) is 0 Å². The normalized spacial score (nSPS) is 37.6. The molecule has 0 radical (unpaired) electrons. The monoisotopic (exact) mass is 532 g/mol. The van der Waals surface area contributed by atoms with E-state index in [2.05, 4.69) is 52.9 Å². The van der Waals surface area contributed by atoms with Crippen molar-refractivity contribution >= 4 is 20.1 Å². The Hall–Kier alpha value is -2.28. The maximum atomic E-state index is 13.0. The zero-order valence-electron chi connectivity index (χ0n) is 23.5. The summed E-state index contributed by atoms with van der Waals surface area (Å²) in [5.74, 6) is -0.353. The number of carbonyl (C=O) groups excluding carboxylic acids is 2. The summed E-state index contributed by atoms with van der Waals surface area (Å²) in [6, 6.07) is 8.86. The van der Waals surface area contributed by atoms with Crippen LogP contribution in [0.25, 0.3) is 0 Å². The Morgan fingerprint density at radius 1 is 1.11 bits per heavy atom. The average Bonchev–Trinajstić information content (AvgIpc) is 3.36. The second-order valence-corrected chi connectivity index (χ2v) is 18.5. The van der Waals surface area contributed by atoms with Crippen molar-refractivity contribution in [3.63, 3.8) is 0 Å². The van der Waals surface area contributed by atoms with E-state index >= 15 is 0 Å². The van der Waals surface area contributed by atoms with Crippen molar-refractivity contribution in [3.05, 3.63) is 71.3 Å². The van der Waals surface area contributed by atoms with Crippen LogP contribution in [0.5, 0.6) is 0 Å². The summed E-state index contributed by atoms with van der Waals surface area (Å²) in [5, 5.41) is 0.164. The number of ether oxygens (including phenoxy) is 2. The molecule has 1 saturated carbocycles. The van der Waals surface area contributed by atoms with Crippen molar-refractivity contribution in [1.82, 2.24) is 0 Å². The van der Waals surface area contributed by atoms with Crippen LogP contribution in [0.4, 0.5) is 0 Å². The van der Waals surface area contributed by atoms with Gasteiger partial charge in [-0.2, -0.15) is 0 Å². The van der Waals surface area contributed by atoms with E-state index < -0.39 is 26.0 Å². The van der Waals surface area contributed by atoms with Crippen molar-refractivity contribution in [2.45, 2.75) is 101 Å². The fourth-order valence-electron chi connectivity index (χ4n) is 7.43. The van der Waals surface area contributed by atoms with E-state index in [1.807, 2.05) is 12.1 Å². The number of hydrogen-bond donors (Lipinski definition) is 0. The molecular weight excluding hydrogens is 492 g/mol. The van der Waals surface area contributed by atoms with Crippen LogP contribution in [0.3, 0.4) is 0 Å². The van der Waals surface area contributed by atoms with Gasteiger partial charge < -0.3 is 13.9 Å². The van der Waals surface area contributed by atoms with Crippen molar-refractivity contribution in [1.29, 1.82) is 0 Å². The molecule has 1 aromatic carbocycles. The molecule has 3 aliphatic carbocycles. The average molecular weight is 533 g/mol. The first-order valence-electron chi connectivity index (χ1n) is 14.1. The molecular formula is C32H40O5Si. The van der Waals surface area contributed by atoms with E-state index in [1.165, 1.54) is 0 Å². The molecule has 6 atom stereocenters. The first kappa shape index (κ1) is 26.0. The topological polar surface area (TPSA) is 61.8 Å². The Kier molecular flexibility index (Phi) is 5.71. The van der Waals surface area contributed by atoms with E-state index in [1.54, 1.807) is 30.3 Å². The highest BCUT2D eigenvalue weighted by atomic mass is 28.4. The van der Waals surface area contributed by atoms with E-state index in [0.29, 0.717) is 11.5 Å². The van der Waals surface area contributed by atoms with Crippen LogP contribution >= 0.6 is 0 Å². The minimum Gasteiger partial charge on any atom is -0.446 e. The zero-order chi connectivity index (χ0) is 27.1. The van der Waals surface area contributed by atoms with Gasteiger partial charge in [-0.05, 0) is 86.2 Å². The molecule has 1 aromatic rings. The van der Waals surface area contributed by atoms with E-state index in [-0.39, 0.29) is 27.9 Å². The number of carbonyl (C=O) groups is 2. The first-order chi connectivity index (χ1) is 17.8. The van der Waals surface area contributed by atoms with Crippen LogP contribution in [0.2, 0.25) is 18.1 Å². The van der Waals surface area contributed by atoms with Gasteiger partial charge in [0, 0.05) is 16.9 Å². The van der Waals surface area contributed by atoms with E-state index in [4.69, 9.17) is 13.9 Å². The number of allylic oxidation sites excluding steroid dienone is 1. The minimum absolute atomic E-state index is 0.00324. The predicted molar refractivity (Wildman–Crippen MR) is 149 cm³/mol. The quantitative estimate of drug-likeness (QED) is 0.318. The molecule has 5 aliphatic rings. The number of esters is 1. The number of hydrogen-bond acceptors (Lipinski definition) is 5. The van der Waals surface area contributed by atoms with Gasteiger partial charge in [-0.25, -0.2) is 4.79 Å². The zero-order valence-corrected chi connectivity index (χ0v) is 24.5. The molecule has 2 spiro atoms. The molecule has 2 bridgehead atoms. The van der Waals surface area contributed by atoms with Crippen LogP contribution in [-0.4, -0.2) is 43.5 Å². The van der Waals surface area contributed by atoms with Gasteiger partial charge in [0.2, 0.25) is 5.78 Å². The lowest BCUT2D eigenvalue weighted by molar-refractivity contribution is -0.135. The Bertz CT molecular complexity index is 1270. The highest BCUT2D eigenvalue weighted by Gasteiger charge is 2.67. The Labute approximate surface area is 227 Å². The summed E-state index contributed by atoms with van der Waals surface area (Å²) in [6.45, 7) is 14.0. The number of fused-ring (bicyclic) bond motifs is 1. The molecule has 202 valence electrons. The predicted octanol–water partition coefficient (Wildman–Crippen LogP) is 6.72. The Morgan fingerprint density at radius 2 is 1.84 bits per heavy atom. The smallest absolute Gasteiger partial charge is 0.339 e. The first-order valence-corrected chi connectivity index (χ1v) is 17.0. The van der Waals surface area contributed by atoms with Gasteiger partial charge in [0.25, 0.3) is 0 Å². The summed E-state index contributed by atoms with van der Waals surface area (Å²) in [6.07, 6.45) is 11.9. The van der Waals surface area contributed by atoms with Crippen molar-refractivity contribution < 1.29 is 23.5 Å². The summed E-state index contributed by atoms with van der Waals surface area (Å²) < 4.78 is 20.1. The van der Waals surface area contributed by atoms with E-state index in [9.17, 15) is 9.59 Å². The summed E-state index contributed by atoms with van der Waals surface area (Å²) in [5.41, 5.74) is 1.27. The summed E-state index contributed by atoms with van der Waals surface area (Å²) in [7, 11) is -1.92. The van der Waals surface area contributed by atoms with Gasteiger partial charge in [-0.3, -0.25) is 4.79 Å².